The Morgan fingerprint density at radius 2 is 1.56 bits per heavy atom. The average Bonchev–Trinajstić information content (AvgIpc) is 2.24. The Hall–Kier alpha value is -1.89. The van der Waals surface area contributed by atoms with E-state index < -0.39 is 0 Å². The van der Waals surface area contributed by atoms with E-state index in [1.807, 2.05) is 20.8 Å². The topological polar surface area (TPSA) is 104 Å². The predicted molar refractivity (Wildman–Crippen MR) is 71.2 cm³/mol. The molecule has 0 aromatic carbocycles. The minimum atomic E-state index is 0.151. The molecule has 0 amide bonds. The van der Waals surface area contributed by atoms with Crippen molar-refractivity contribution in [3.63, 3.8) is 0 Å². The minimum absolute atomic E-state index is 0.151. The van der Waals surface area contributed by atoms with Crippen molar-refractivity contribution in [3.8, 4) is 0 Å². The second-order valence-corrected chi connectivity index (χ2v) is 4.88. The fraction of sp³-hybridized carbons (Fsp3) is 0.273. The molecule has 0 aliphatic heterocycles. The lowest BCUT2D eigenvalue weighted by Crippen LogP contribution is -2.01. The zero-order valence-electron chi connectivity index (χ0n) is 10.4. The van der Waals surface area contributed by atoms with Crippen LogP contribution in [0.1, 0.15) is 17.0 Å². The van der Waals surface area contributed by atoms with Crippen LogP contribution in [-0.4, -0.2) is 19.9 Å². The Kier molecular flexibility index (Phi) is 3.33. The third-order valence-corrected chi connectivity index (χ3v) is 3.33. The molecule has 2 rings (SSSR count). The monoisotopic (exact) mass is 262 g/mol. The molecule has 94 valence electrons. The number of rotatable bonds is 2. The van der Waals surface area contributed by atoms with Crippen molar-refractivity contribution in [2.24, 2.45) is 0 Å². The highest BCUT2D eigenvalue weighted by Crippen LogP contribution is 2.25. The summed E-state index contributed by atoms with van der Waals surface area (Å²) in [6, 6.07) is 1.65. The van der Waals surface area contributed by atoms with Crippen molar-refractivity contribution in [1.29, 1.82) is 0 Å². The zero-order chi connectivity index (χ0) is 13.3. The molecule has 0 unspecified atom stereocenters. The van der Waals surface area contributed by atoms with Crippen molar-refractivity contribution in [2.45, 2.75) is 31.0 Å². The highest BCUT2D eigenvalue weighted by Gasteiger charge is 2.08. The third-order valence-electron chi connectivity index (χ3n) is 2.55. The van der Waals surface area contributed by atoms with Crippen LogP contribution in [0.25, 0.3) is 0 Å². The smallest absolute Gasteiger partial charge is 0.223 e. The minimum Gasteiger partial charge on any atom is -0.383 e. The molecule has 0 saturated heterocycles. The molecule has 2 aromatic rings. The maximum atomic E-state index is 5.61. The van der Waals surface area contributed by atoms with Gasteiger partial charge in [-0.25, -0.2) is 15.0 Å². The number of aryl methyl sites for hydroxylation is 2. The van der Waals surface area contributed by atoms with E-state index in [9.17, 15) is 0 Å². The molecule has 0 aliphatic rings. The number of nitrogens with two attached hydrogens (primary N) is 2. The van der Waals surface area contributed by atoms with Crippen molar-refractivity contribution < 1.29 is 0 Å². The summed E-state index contributed by atoms with van der Waals surface area (Å²) >= 11 is 1.32. The van der Waals surface area contributed by atoms with E-state index in [2.05, 4.69) is 19.9 Å². The summed E-state index contributed by atoms with van der Waals surface area (Å²) in [6.45, 7) is 5.91. The van der Waals surface area contributed by atoms with Crippen LogP contribution in [-0.2, 0) is 0 Å². The molecule has 0 bridgehead atoms. The van der Waals surface area contributed by atoms with Gasteiger partial charge in [0.2, 0.25) is 5.95 Å². The van der Waals surface area contributed by atoms with E-state index >= 15 is 0 Å². The van der Waals surface area contributed by atoms with Crippen molar-refractivity contribution in [2.75, 3.05) is 11.5 Å². The first-order chi connectivity index (χ1) is 8.45. The summed E-state index contributed by atoms with van der Waals surface area (Å²) in [5.74, 6) is 0.489. The summed E-state index contributed by atoms with van der Waals surface area (Å²) in [5.41, 5.74) is 14.2. The fourth-order valence-corrected chi connectivity index (χ4v) is 2.27. The number of aromatic nitrogens is 4. The molecule has 0 spiro atoms. The number of nitrogens with zero attached hydrogens (tertiary/aromatic N) is 4. The van der Waals surface area contributed by atoms with Gasteiger partial charge in [-0.2, -0.15) is 4.98 Å². The zero-order valence-corrected chi connectivity index (χ0v) is 11.2. The van der Waals surface area contributed by atoms with Gasteiger partial charge in [0.25, 0.3) is 0 Å². The van der Waals surface area contributed by atoms with Crippen LogP contribution in [0.15, 0.2) is 16.2 Å². The van der Waals surface area contributed by atoms with Gasteiger partial charge in [-0.3, -0.25) is 0 Å². The van der Waals surface area contributed by atoms with Gasteiger partial charge in [-0.15, -0.1) is 0 Å². The molecule has 0 aliphatic carbocycles. The Labute approximate surface area is 109 Å². The normalized spacial score (nSPS) is 10.6. The van der Waals surface area contributed by atoms with Crippen LogP contribution in [0.2, 0.25) is 0 Å². The molecule has 2 aromatic heterocycles. The molecule has 0 radical (unpaired) electrons. The van der Waals surface area contributed by atoms with E-state index in [1.54, 1.807) is 6.07 Å². The standard InChI is InChI=1S/C11H14N6S/c1-5-6(2)14-11(15-7(5)3)18-9-4-8(12)16-10(13)17-9/h4H,1-3H3,(H4,12,13,16,17). The fourth-order valence-electron chi connectivity index (χ4n) is 1.39. The van der Waals surface area contributed by atoms with Crippen molar-refractivity contribution in [1.82, 2.24) is 19.9 Å². The van der Waals surface area contributed by atoms with Gasteiger partial charge in [-0.05, 0) is 38.1 Å². The second kappa shape index (κ2) is 4.77. The molecule has 0 saturated carbocycles. The maximum absolute atomic E-state index is 5.61. The third kappa shape index (κ3) is 2.67. The first-order valence-electron chi connectivity index (χ1n) is 5.35. The maximum Gasteiger partial charge on any atom is 0.223 e. The molecular formula is C11H14N6S. The molecule has 6 nitrogen and oxygen atoms in total. The molecule has 7 heteroatoms. The lowest BCUT2D eigenvalue weighted by Gasteiger charge is -2.06. The Morgan fingerprint density at radius 1 is 0.944 bits per heavy atom. The SMILES string of the molecule is Cc1nc(Sc2cc(N)nc(N)n2)nc(C)c1C. The Balaban J connectivity index is 2.34. The van der Waals surface area contributed by atoms with E-state index in [1.165, 1.54) is 11.8 Å². The van der Waals surface area contributed by atoms with Gasteiger partial charge in [0.05, 0.1) is 0 Å². The van der Waals surface area contributed by atoms with Gasteiger partial charge >= 0.3 is 0 Å². The van der Waals surface area contributed by atoms with Crippen LogP contribution in [0.3, 0.4) is 0 Å². The molecule has 0 atom stereocenters. The van der Waals surface area contributed by atoms with Gasteiger partial charge in [0, 0.05) is 17.5 Å². The van der Waals surface area contributed by atoms with Gasteiger partial charge in [-0.1, -0.05) is 0 Å². The Bertz CT molecular complexity index is 555. The summed E-state index contributed by atoms with van der Waals surface area (Å²) in [5, 5.41) is 1.27. The summed E-state index contributed by atoms with van der Waals surface area (Å²) in [4.78, 5) is 16.7. The molecule has 0 fully saturated rings. The Morgan fingerprint density at radius 3 is 2.11 bits per heavy atom. The average molecular weight is 262 g/mol. The molecule has 2 heterocycles. The highest BCUT2D eigenvalue weighted by molar-refractivity contribution is 7.99. The summed E-state index contributed by atoms with van der Waals surface area (Å²) < 4.78 is 0. The number of hydrogen-bond acceptors (Lipinski definition) is 7. The van der Waals surface area contributed by atoms with Crippen molar-refractivity contribution in [3.05, 3.63) is 23.0 Å². The number of hydrogen-bond donors (Lipinski definition) is 2. The number of anilines is 2. The largest absolute Gasteiger partial charge is 0.383 e. The first kappa shape index (κ1) is 12.6. The predicted octanol–water partition coefficient (Wildman–Crippen LogP) is 1.51. The highest BCUT2D eigenvalue weighted by atomic mass is 32.2. The van der Waals surface area contributed by atoms with Crippen LogP contribution in [0.4, 0.5) is 11.8 Å². The van der Waals surface area contributed by atoms with E-state index in [0.717, 1.165) is 17.0 Å². The van der Waals surface area contributed by atoms with Crippen molar-refractivity contribution >= 4 is 23.5 Å². The van der Waals surface area contributed by atoms with Crippen LogP contribution in [0, 0.1) is 20.8 Å². The molecule has 18 heavy (non-hydrogen) atoms. The lowest BCUT2D eigenvalue weighted by molar-refractivity contribution is 0.878. The molecule has 4 N–H and O–H groups in total. The molecular weight excluding hydrogens is 248 g/mol. The summed E-state index contributed by atoms with van der Waals surface area (Å²) in [6.07, 6.45) is 0. The first-order valence-corrected chi connectivity index (χ1v) is 6.17. The lowest BCUT2D eigenvalue weighted by atomic mass is 10.2. The van der Waals surface area contributed by atoms with E-state index in [-0.39, 0.29) is 5.95 Å². The van der Waals surface area contributed by atoms with Crippen LogP contribution < -0.4 is 11.5 Å². The van der Waals surface area contributed by atoms with E-state index in [4.69, 9.17) is 11.5 Å². The van der Waals surface area contributed by atoms with Gasteiger partial charge in [0.1, 0.15) is 10.8 Å². The van der Waals surface area contributed by atoms with Gasteiger partial charge in [0.15, 0.2) is 5.16 Å². The van der Waals surface area contributed by atoms with E-state index in [0.29, 0.717) is 16.0 Å². The second-order valence-electron chi connectivity index (χ2n) is 3.89. The summed E-state index contributed by atoms with van der Waals surface area (Å²) in [7, 11) is 0. The van der Waals surface area contributed by atoms with Crippen LogP contribution >= 0.6 is 11.8 Å². The number of nitrogen functional groups attached to an aromatic ring is 2. The van der Waals surface area contributed by atoms with Crippen LogP contribution in [0.5, 0.6) is 0 Å². The quantitative estimate of drug-likeness (QED) is 0.624. The van der Waals surface area contributed by atoms with Gasteiger partial charge < -0.3 is 11.5 Å².